The number of hydrogen-bond donors (Lipinski definition) is 2. The number of sulfonamides is 1. The Morgan fingerprint density at radius 3 is 2.19 bits per heavy atom. The van der Waals surface area contributed by atoms with Gasteiger partial charge in [-0.25, -0.2) is 8.42 Å². The number of nitro groups is 1. The molecule has 0 aliphatic rings. The maximum atomic E-state index is 12.4. The zero-order valence-electron chi connectivity index (χ0n) is 14.1. The summed E-state index contributed by atoms with van der Waals surface area (Å²) in [5.74, 6) is -1.70. The predicted molar refractivity (Wildman–Crippen MR) is 95.1 cm³/mol. The highest BCUT2D eigenvalue weighted by atomic mass is 32.2. The number of carboxylic acids is 1. The zero-order valence-corrected chi connectivity index (χ0v) is 14.9. The van der Waals surface area contributed by atoms with Crippen molar-refractivity contribution in [2.45, 2.75) is 24.8 Å². The van der Waals surface area contributed by atoms with E-state index in [-0.39, 0.29) is 10.6 Å². The van der Waals surface area contributed by atoms with E-state index < -0.39 is 32.9 Å². The van der Waals surface area contributed by atoms with E-state index in [1.54, 1.807) is 32.0 Å². The van der Waals surface area contributed by atoms with Crippen molar-refractivity contribution >= 4 is 21.7 Å². The third-order valence-electron chi connectivity index (χ3n) is 3.79. The van der Waals surface area contributed by atoms with Crippen LogP contribution in [0, 0.1) is 16.0 Å². The van der Waals surface area contributed by atoms with Crippen LogP contribution in [-0.2, 0) is 14.8 Å². The van der Waals surface area contributed by atoms with Crippen LogP contribution in [0.3, 0.4) is 0 Å². The van der Waals surface area contributed by atoms with E-state index in [1.807, 2.05) is 0 Å². The van der Waals surface area contributed by atoms with E-state index >= 15 is 0 Å². The fourth-order valence-corrected chi connectivity index (χ4v) is 3.74. The molecule has 8 nitrogen and oxygen atoms in total. The second kappa shape index (κ2) is 7.63. The normalized spacial score (nSPS) is 12.7. The van der Waals surface area contributed by atoms with Gasteiger partial charge >= 0.3 is 5.97 Å². The Balaban J connectivity index is 2.35. The van der Waals surface area contributed by atoms with Crippen molar-refractivity contribution in [1.82, 2.24) is 4.72 Å². The third kappa shape index (κ3) is 4.24. The first-order valence-corrected chi connectivity index (χ1v) is 9.21. The van der Waals surface area contributed by atoms with E-state index in [9.17, 15) is 23.3 Å². The summed E-state index contributed by atoms with van der Waals surface area (Å²) in [5.41, 5.74) is 0.752. The molecule has 0 aromatic heterocycles. The first kappa shape index (κ1) is 19.5. The van der Waals surface area contributed by atoms with Crippen molar-refractivity contribution in [3.63, 3.8) is 0 Å². The summed E-state index contributed by atoms with van der Waals surface area (Å²) in [5, 5.41) is 20.3. The van der Waals surface area contributed by atoms with Crippen LogP contribution in [0.15, 0.2) is 53.4 Å². The summed E-state index contributed by atoms with van der Waals surface area (Å²) < 4.78 is 26.9. The SMILES string of the molecule is CC(C)[C@@H](NS(=O)(=O)c1ccc(-c2ccccc2[N+](=O)[O-])cc1)C(=O)O. The maximum Gasteiger partial charge on any atom is 0.322 e. The molecule has 0 amide bonds. The lowest BCUT2D eigenvalue weighted by Gasteiger charge is -2.18. The van der Waals surface area contributed by atoms with Gasteiger partial charge in [-0.15, -0.1) is 0 Å². The number of para-hydroxylation sites is 1. The molecule has 0 radical (unpaired) electrons. The van der Waals surface area contributed by atoms with Gasteiger partial charge in [-0.3, -0.25) is 14.9 Å². The Morgan fingerprint density at radius 1 is 1.12 bits per heavy atom. The monoisotopic (exact) mass is 378 g/mol. The highest BCUT2D eigenvalue weighted by Gasteiger charge is 2.28. The largest absolute Gasteiger partial charge is 0.480 e. The molecule has 0 saturated heterocycles. The summed E-state index contributed by atoms with van der Waals surface area (Å²) >= 11 is 0. The molecule has 2 aromatic carbocycles. The number of hydrogen-bond acceptors (Lipinski definition) is 5. The lowest BCUT2D eigenvalue weighted by molar-refractivity contribution is -0.384. The number of nitrogens with one attached hydrogen (secondary N) is 1. The Morgan fingerprint density at radius 2 is 1.69 bits per heavy atom. The Kier molecular flexibility index (Phi) is 5.73. The topological polar surface area (TPSA) is 127 Å². The van der Waals surface area contributed by atoms with Gasteiger partial charge in [0.2, 0.25) is 10.0 Å². The van der Waals surface area contributed by atoms with Crippen molar-refractivity contribution < 1.29 is 23.2 Å². The number of carboxylic acid groups (broad SMARTS) is 1. The lowest BCUT2D eigenvalue weighted by Crippen LogP contribution is -2.44. The summed E-state index contributed by atoms with van der Waals surface area (Å²) in [6.07, 6.45) is 0. The Labute approximate surface area is 150 Å². The Hall–Kier alpha value is -2.78. The van der Waals surface area contributed by atoms with Crippen LogP contribution < -0.4 is 4.72 Å². The fourth-order valence-electron chi connectivity index (χ4n) is 2.40. The van der Waals surface area contributed by atoms with E-state index in [4.69, 9.17) is 5.11 Å². The van der Waals surface area contributed by atoms with Gasteiger partial charge in [0.1, 0.15) is 6.04 Å². The van der Waals surface area contributed by atoms with Crippen molar-refractivity contribution in [2.75, 3.05) is 0 Å². The highest BCUT2D eigenvalue weighted by molar-refractivity contribution is 7.89. The summed E-state index contributed by atoms with van der Waals surface area (Å²) in [7, 11) is -4.04. The first-order valence-electron chi connectivity index (χ1n) is 7.72. The molecule has 1 atom stereocenters. The van der Waals surface area contributed by atoms with Gasteiger partial charge in [0.05, 0.1) is 15.4 Å². The minimum Gasteiger partial charge on any atom is -0.480 e. The van der Waals surface area contributed by atoms with Crippen LogP contribution in [0.25, 0.3) is 11.1 Å². The molecule has 9 heteroatoms. The summed E-state index contributed by atoms with van der Waals surface area (Å²) in [4.78, 5) is 21.7. The van der Waals surface area contributed by atoms with Crippen LogP contribution in [0.5, 0.6) is 0 Å². The van der Waals surface area contributed by atoms with Crippen LogP contribution in [-0.4, -0.2) is 30.5 Å². The molecular formula is C17H18N2O6S. The molecule has 0 unspecified atom stereocenters. The van der Waals surface area contributed by atoms with Gasteiger partial charge in [0, 0.05) is 6.07 Å². The number of nitrogens with zero attached hydrogens (tertiary/aromatic N) is 1. The van der Waals surface area contributed by atoms with Crippen LogP contribution >= 0.6 is 0 Å². The molecule has 138 valence electrons. The van der Waals surface area contributed by atoms with Gasteiger partial charge in [0.25, 0.3) is 5.69 Å². The highest BCUT2D eigenvalue weighted by Crippen LogP contribution is 2.30. The van der Waals surface area contributed by atoms with Crippen molar-refractivity contribution in [1.29, 1.82) is 0 Å². The molecule has 26 heavy (non-hydrogen) atoms. The maximum absolute atomic E-state index is 12.4. The molecule has 2 aromatic rings. The minimum absolute atomic E-state index is 0.0908. The summed E-state index contributed by atoms with van der Waals surface area (Å²) in [6.45, 7) is 3.19. The second-order valence-electron chi connectivity index (χ2n) is 5.98. The molecule has 0 spiro atoms. The smallest absolute Gasteiger partial charge is 0.322 e. The molecule has 0 fully saturated rings. The van der Waals surface area contributed by atoms with Crippen LogP contribution in [0.1, 0.15) is 13.8 Å². The number of nitro benzene ring substituents is 1. The van der Waals surface area contributed by atoms with E-state index in [2.05, 4.69) is 4.72 Å². The van der Waals surface area contributed by atoms with E-state index in [1.165, 1.54) is 30.3 Å². The van der Waals surface area contributed by atoms with Gasteiger partial charge in [0.15, 0.2) is 0 Å². The average molecular weight is 378 g/mol. The molecule has 0 saturated carbocycles. The van der Waals surface area contributed by atoms with Gasteiger partial charge in [-0.1, -0.05) is 38.1 Å². The van der Waals surface area contributed by atoms with E-state index in [0.29, 0.717) is 11.1 Å². The lowest BCUT2D eigenvalue weighted by atomic mass is 10.0. The molecule has 2 N–H and O–H groups in total. The molecule has 0 bridgehead atoms. The van der Waals surface area contributed by atoms with Gasteiger partial charge in [-0.2, -0.15) is 4.72 Å². The van der Waals surface area contributed by atoms with Gasteiger partial charge < -0.3 is 5.11 Å². The number of rotatable bonds is 7. The number of benzene rings is 2. The first-order chi connectivity index (χ1) is 12.1. The number of carbonyl (C=O) groups is 1. The number of aliphatic carboxylic acids is 1. The quantitative estimate of drug-likeness (QED) is 0.563. The van der Waals surface area contributed by atoms with Crippen LogP contribution in [0.4, 0.5) is 5.69 Å². The molecule has 2 rings (SSSR count). The van der Waals surface area contributed by atoms with Crippen molar-refractivity contribution in [3.05, 3.63) is 58.6 Å². The third-order valence-corrected chi connectivity index (χ3v) is 5.25. The Bertz CT molecular complexity index is 923. The zero-order chi connectivity index (χ0) is 19.5. The summed E-state index contributed by atoms with van der Waals surface area (Å²) in [6, 6.07) is 10.3. The molecule has 0 aliphatic carbocycles. The standard InChI is InChI=1S/C17H18N2O6S/c1-11(2)16(17(20)21)18-26(24,25)13-9-7-12(8-10-13)14-5-3-4-6-15(14)19(22)23/h3-11,16,18H,1-2H3,(H,20,21)/t16-/m1/s1. The van der Waals surface area contributed by atoms with Crippen molar-refractivity contribution in [2.24, 2.45) is 5.92 Å². The minimum atomic E-state index is -4.04. The fraction of sp³-hybridized carbons (Fsp3) is 0.235. The van der Waals surface area contributed by atoms with Gasteiger partial charge in [-0.05, 0) is 29.7 Å². The molecular weight excluding hydrogens is 360 g/mol. The van der Waals surface area contributed by atoms with Crippen molar-refractivity contribution in [3.8, 4) is 11.1 Å². The predicted octanol–water partition coefficient (Wildman–Crippen LogP) is 2.65. The molecule has 0 aliphatic heterocycles. The molecule has 0 heterocycles. The van der Waals surface area contributed by atoms with Crippen LogP contribution in [0.2, 0.25) is 0 Å². The van der Waals surface area contributed by atoms with E-state index in [0.717, 1.165) is 0 Å². The second-order valence-corrected chi connectivity index (χ2v) is 7.69. The average Bonchev–Trinajstić information content (AvgIpc) is 2.59.